The summed E-state index contributed by atoms with van der Waals surface area (Å²) < 4.78 is 22.4. The number of benzene rings is 7. The van der Waals surface area contributed by atoms with Crippen molar-refractivity contribution in [2.24, 2.45) is 0 Å². The van der Waals surface area contributed by atoms with E-state index >= 15 is 4.39 Å². The number of pyridine rings is 1. The summed E-state index contributed by atoms with van der Waals surface area (Å²) in [5, 5.41) is 13.6. The van der Waals surface area contributed by atoms with Crippen LogP contribution < -0.4 is 0 Å². The summed E-state index contributed by atoms with van der Waals surface area (Å²) in [5.74, 6) is 1.19. The third kappa shape index (κ3) is 5.39. The van der Waals surface area contributed by atoms with Gasteiger partial charge in [0, 0.05) is 16.6 Å². The Bertz CT molecular complexity index is 3430. The monoisotopic (exact) mass is 951 g/mol. The van der Waals surface area contributed by atoms with Crippen LogP contribution in [0.4, 0.5) is 4.39 Å². The average Bonchev–Trinajstić information content (AvgIpc) is 3.90. The molecule has 9 heteroatoms. The first-order valence-corrected chi connectivity index (χ1v) is 19.7. The predicted molar refractivity (Wildman–Crippen MR) is 230 cm³/mol. The van der Waals surface area contributed by atoms with Gasteiger partial charge in [0.2, 0.25) is 5.95 Å². The van der Waals surface area contributed by atoms with Gasteiger partial charge in [0.15, 0.2) is 5.82 Å². The van der Waals surface area contributed by atoms with Gasteiger partial charge in [0.05, 0.1) is 22.4 Å². The number of halogens is 1. The zero-order chi connectivity index (χ0) is 38.5. The molecule has 0 radical (unpaired) electrons. The third-order valence-electron chi connectivity index (χ3n) is 11.2. The first-order chi connectivity index (χ1) is 27.9. The molecule has 0 saturated carbocycles. The number of fused-ring (bicyclic) bond motifs is 10. The molecule has 0 amide bonds. The van der Waals surface area contributed by atoms with Crippen LogP contribution >= 0.6 is 11.8 Å². The number of nitrogens with zero attached hydrogens (tertiary/aromatic N) is 6. The van der Waals surface area contributed by atoms with Gasteiger partial charge < -0.3 is 8.97 Å². The Morgan fingerprint density at radius 3 is 1.98 bits per heavy atom. The predicted octanol–water partition coefficient (Wildman–Crippen LogP) is 12.3. The molecule has 282 valence electrons. The number of imidazole rings is 1. The summed E-state index contributed by atoms with van der Waals surface area (Å²) in [5.41, 5.74) is 11.9. The van der Waals surface area contributed by atoms with Gasteiger partial charge in [-0.1, -0.05) is 94.0 Å². The summed E-state index contributed by atoms with van der Waals surface area (Å²) in [6.45, 7) is 8.45. The molecular weight excluding hydrogens is 919 g/mol. The molecule has 58 heavy (non-hydrogen) atoms. The van der Waals surface area contributed by atoms with Crippen LogP contribution in [0.5, 0.6) is 0 Å². The second kappa shape index (κ2) is 13.8. The van der Waals surface area contributed by atoms with Gasteiger partial charge >= 0.3 is 21.1 Å². The number of para-hydroxylation sites is 4. The molecule has 0 aliphatic carbocycles. The summed E-state index contributed by atoms with van der Waals surface area (Å²) >= 11 is 1.56. The molecule has 0 spiro atoms. The van der Waals surface area contributed by atoms with Crippen molar-refractivity contribution < 1.29 is 25.5 Å². The smallest absolute Gasteiger partial charge is 0.316 e. The Hall–Kier alpha value is -6.08. The number of aryl methyl sites for hydroxylation is 4. The molecule has 0 aliphatic rings. The first kappa shape index (κ1) is 36.3. The molecule has 0 bridgehead atoms. The van der Waals surface area contributed by atoms with E-state index in [1.807, 2.05) is 34.7 Å². The molecule has 11 rings (SSSR count). The zero-order valence-electron chi connectivity index (χ0n) is 31.9. The standard InChI is InChI=1S/C49H33FN6S.Pt/c1-28-12-9-13-29(2)44(28)48-53-52-47-37-26-32(23-25-36(37)45-38(50)17-11-21-42(45)56(47)48)57-33-22-24-35-34-16-5-7-19-40(34)54(43(35)27-33)49-51-39-18-6-8-20-41(39)55(49)46-30(3)14-10-15-31(46)4;/h5-25H,1-4H3;/q-2;+2. The van der Waals surface area contributed by atoms with E-state index in [0.29, 0.717) is 27.8 Å². The Morgan fingerprint density at radius 2 is 1.21 bits per heavy atom. The minimum Gasteiger partial charge on any atom is -0.316 e. The van der Waals surface area contributed by atoms with Crippen molar-refractivity contribution in [3.63, 3.8) is 0 Å². The van der Waals surface area contributed by atoms with Crippen LogP contribution in [0.3, 0.4) is 0 Å². The Kier molecular flexibility index (Phi) is 8.62. The zero-order valence-corrected chi connectivity index (χ0v) is 35.0. The fourth-order valence-electron chi connectivity index (χ4n) is 8.69. The van der Waals surface area contributed by atoms with Gasteiger partial charge in [-0.05, 0) is 91.1 Å². The van der Waals surface area contributed by atoms with E-state index in [-0.39, 0.29) is 26.9 Å². The molecular formula is C49H33FN6PtS. The second-order valence-electron chi connectivity index (χ2n) is 14.7. The number of rotatable bonds is 5. The largest absolute Gasteiger partial charge is 2.00 e. The van der Waals surface area contributed by atoms with Crippen molar-refractivity contribution in [2.45, 2.75) is 37.5 Å². The molecule has 0 fully saturated rings. The van der Waals surface area contributed by atoms with Gasteiger partial charge in [-0.25, -0.2) is 9.37 Å². The van der Waals surface area contributed by atoms with E-state index in [2.05, 4.69) is 134 Å². The van der Waals surface area contributed by atoms with Crippen LogP contribution in [0.1, 0.15) is 22.3 Å². The van der Waals surface area contributed by atoms with Crippen LogP contribution in [0.2, 0.25) is 0 Å². The normalized spacial score (nSPS) is 11.8. The molecule has 0 aliphatic heterocycles. The minimum atomic E-state index is -0.298. The van der Waals surface area contributed by atoms with Gasteiger partial charge in [-0.3, -0.25) is 4.57 Å². The molecule has 7 aromatic carbocycles. The summed E-state index contributed by atoms with van der Waals surface area (Å²) in [6.07, 6.45) is 0. The molecule has 4 aromatic heterocycles. The van der Waals surface area contributed by atoms with Crippen molar-refractivity contribution in [3.8, 4) is 23.0 Å². The summed E-state index contributed by atoms with van der Waals surface area (Å²) in [7, 11) is 0. The van der Waals surface area contributed by atoms with Crippen molar-refractivity contribution in [1.82, 2.24) is 28.7 Å². The van der Waals surface area contributed by atoms with Crippen molar-refractivity contribution in [1.29, 1.82) is 0 Å². The van der Waals surface area contributed by atoms with E-state index in [9.17, 15) is 0 Å². The third-order valence-corrected chi connectivity index (χ3v) is 12.1. The van der Waals surface area contributed by atoms with Crippen LogP contribution in [0.15, 0.2) is 137 Å². The van der Waals surface area contributed by atoms with E-state index in [4.69, 9.17) is 15.2 Å². The van der Waals surface area contributed by atoms with Crippen LogP contribution in [-0.2, 0) is 21.1 Å². The first-order valence-electron chi connectivity index (χ1n) is 18.9. The van der Waals surface area contributed by atoms with Gasteiger partial charge in [0.1, 0.15) is 5.82 Å². The van der Waals surface area contributed by atoms with E-state index in [0.717, 1.165) is 76.3 Å². The van der Waals surface area contributed by atoms with Gasteiger partial charge in [-0.15, -0.1) is 51.4 Å². The van der Waals surface area contributed by atoms with Gasteiger partial charge in [0.25, 0.3) is 0 Å². The maximum Gasteiger partial charge on any atom is 2.00 e. The molecule has 0 unspecified atom stereocenters. The number of hydrogen-bond acceptors (Lipinski definition) is 4. The average molecular weight is 952 g/mol. The van der Waals surface area contributed by atoms with E-state index in [1.165, 1.54) is 17.2 Å². The second-order valence-corrected chi connectivity index (χ2v) is 15.8. The van der Waals surface area contributed by atoms with Crippen molar-refractivity contribution >= 4 is 71.9 Å². The Morgan fingerprint density at radius 1 is 0.569 bits per heavy atom. The molecule has 6 nitrogen and oxygen atoms in total. The number of hydrogen-bond donors (Lipinski definition) is 0. The molecule has 0 N–H and O–H groups in total. The fraction of sp³-hybridized carbons (Fsp3) is 0.0816. The Balaban J connectivity index is 0.00000408. The number of aromatic nitrogens is 6. The maximum atomic E-state index is 15.9. The quantitative estimate of drug-likeness (QED) is 0.127. The van der Waals surface area contributed by atoms with Crippen LogP contribution in [0.25, 0.3) is 83.2 Å². The molecule has 0 atom stereocenters. The van der Waals surface area contributed by atoms with Crippen molar-refractivity contribution in [2.75, 3.05) is 0 Å². The summed E-state index contributed by atoms with van der Waals surface area (Å²) in [4.78, 5) is 7.08. The molecule has 11 aromatic rings. The SMILES string of the molecule is Cc1cccc(C)c1-c1nnc2c3[c-]c(Sc4[c-]c5c(cc4)c4ccccc4n5-c4nc5ccccc5n4-c4c(C)cccc4C)ccc3c3c(F)cccc3n12.[Pt+2]. The van der Waals surface area contributed by atoms with Crippen LogP contribution in [0, 0.1) is 45.6 Å². The fourth-order valence-corrected chi connectivity index (χ4v) is 9.50. The minimum absolute atomic E-state index is 0. The molecule has 0 saturated heterocycles. The summed E-state index contributed by atoms with van der Waals surface area (Å²) in [6, 6.07) is 50.3. The van der Waals surface area contributed by atoms with E-state index < -0.39 is 0 Å². The van der Waals surface area contributed by atoms with Crippen molar-refractivity contribution in [3.05, 3.63) is 168 Å². The van der Waals surface area contributed by atoms with Gasteiger partial charge in [-0.2, -0.15) is 17.2 Å². The maximum absolute atomic E-state index is 15.9. The molecule has 4 heterocycles. The van der Waals surface area contributed by atoms with Crippen LogP contribution in [-0.4, -0.2) is 28.7 Å². The van der Waals surface area contributed by atoms with E-state index in [1.54, 1.807) is 17.8 Å². The topological polar surface area (TPSA) is 52.9 Å². The Labute approximate surface area is 352 Å².